The third-order valence-electron chi connectivity index (χ3n) is 2.99. The third-order valence-corrected chi connectivity index (χ3v) is 2.99. The van der Waals surface area contributed by atoms with Crippen LogP contribution in [0.5, 0.6) is 11.6 Å². The van der Waals surface area contributed by atoms with Gasteiger partial charge in [0.2, 0.25) is 5.88 Å². The molecule has 20 heavy (non-hydrogen) atoms. The zero-order valence-electron chi connectivity index (χ0n) is 12.0. The van der Waals surface area contributed by atoms with Gasteiger partial charge in [0, 0.05) is 11.6 Å². The molecule has 1 heterocycles. The Morgan fingerprint density at radius 2 is 2.05 bits per heavy atom. The number of ether oxygens (including phenoxy) is 2. The minimum Gasteiger partial charge on any atom is -0.494 e. The molecule has 0 amide bonds. The van der Waals surface area contributed by atoms with Crippen molar-refractivity contribution >= 4 is 0 Å². The van der Waals surface area contributed by atoms with Crippen LogP contribution in [0.15, 0.2) is 36.7 Å². The molecule has 1 N–H and O–H groups in total. The Hall–Kier alpha value is -2.14. The van der Waals surface area contributed by atoms with E-state index in [0.717, 1.165) is 17.0 Å². The quantitative estimate of drug-likeness (QED) is 0.874. The monoisotopic (exact) mass is 273 g/mol. The van der Waals surface area contributed by atoms with Gasteiger partial charge < -0.3 is 14.8 Å². The van der Waals surface area contributed by atoms with Gasteiger partial charge >= 0.3 is 0 Å². The number of nitrogens with zero attached hydrogens (tertiary/aromatic N) is 2. The van der Waals surface area contributed by atoms with Crippen molar-refractivity contribution in [2.24, 2.45) is 0 Å². The summed E-state index contributed by atoms with van der Waals surface area (Å²) in [6.45, 7) is 2.60. The third kappa shape index (κ3) is 3.05. The van der Waals surface area contributed by atoms with E-state index in [4.69, 9.17) is 9.47 Å². The fourth-order valence-corrected chi connectivity index (χ4v) is 2.09. The molecular formula is C15H19N3O2. The van der Waals surface area contributed by atoms with Gasteiger partial charge in [-0.25, -0.2) is 9.97 Å². The number of nitrogens with one attached hydrogen (secondary N) is 1. The molecule has 0 radical (unpaired) electrons. The summed E-state index contributed by atoms with van der Waals surface area (Å²) < 4.78 is 10.8. The molecule has 0 aliphatic carbocycles. The molecule has 0 spiro atoms. The van der Waals surface area contributed by atoms with Crippen molar-refractivity contribution in [3.05, 3.63) is 47.9 Å². The van der Waals surface area contributed by atoms with Crippen LogP contribution in [-0.4, -0.2) is 30.7 Å². The summed E-state index contributed by atoms with van der Waals surface area (Å²) in [6.07, 6.45) is 1.50. The number of hydrogen-bond acceptors (Lipinski definition) is 5. The summed E-state index contributed by atoms with van der Waals surface area (Å²) in [7, 11) is 3.48. The van der Waals surface area contributed by atoms with Crippen LogP contribution in [0, 0.1) is 0 Å². The van der Waals surface area contributed by atoms with Crippen LogP contribution in [0.1, 0.15) is 24.2 Å². The van der Waals surface area contributed by atoms with E-state index in [2.05, 4.69) is 15.3 Å². The van der Waals surface area contributed by atoms with E-state index in [-0.39, 0.29) is 6.04 Å². The first-order chi connectivity index (χ1) is 9.80. The van der Waals surface area contributed by atoms with Crippen molar-refractivity contribution in [2.75, 3.05) is 20.8 Å². The van der Waals surface area contributed by atoms with Crippen molar-refractivity contribution in [2.45, 2.75) is 13.0 Å². The maximum absolute atomic E-state index is 5.68. The highest BCUT2D eigenvalue weighted by molar-refractivity contribution is 5.40. The standard InChI is InChI=1S/C15H19N3O2/c1-4-20-13-8-6-5-7-11(13)15(16-2)12-9-14(19-3)18-10-17-12/h5-10,15-16H,4H2,1-3H3. The average molecular weight is 273 g/mol. The molecule has 0 aliphatic heterocycles. The smallest absolute Gasteiger partial charge is 0.216 e. The van der Waals surface area contributed by atoms with Crippen LogP contribution in [0.4, 0.5) is 0 Å². The lowest BCUT2D eigenvalue weighted by atomic mass is 10.0. The highest BCUT2D eigenvalue weighted by Gasteiger charge is 2.18. The van der Waals surface area contributed by atoms with Crippen LogP contribution < -0.4 is 14.8 Å². The predicted octanol–water partition coefficient (Wildman–Crippen LogP) is 2.19. The Labute approximate surface area is 119 Å². The maximum atomic E-state index is 5.68. The van der Waals surface area contributed by atoms with Crippen molar-refractivity contribution < 1.29 is 9.47 Å². The molecule has 2 aromatic rings. The van der Waals surface area contributed by atoms with Gasteiger partial charge in [-0.1, -0.05) is 18.2 Å². The zero-order chi connectivity index (χ0) is 14.4. The van der Waals surface area contributed by atoms with Crippen LogP contribution in [-0.2, 0) is 0 Å². The Balaban J connectivity index is 2.41. The zero-order valence-corrected chi connectivity index (χ0v) is 12.0. The summed E-state index contributed by atoms with van der Waals surface area (Å²) in [5, 5.41) is 3.26. The highest BCUT2D eigenvalue weighted by Crippen LogP contribution is 2.29. The fourth-order valence-electron chi connectivity index (χ4n) is 2.09. The number of rotatable bonds is 6. The summed E-state index contributed by atoms with van der Waals surface area (Å²) in [5.41, 5.74) is 1.88. The van der Waals surface area contributed by atoms with Crippen LogP contribution in [0.3, 0.4) is 0 Å². The summed E-state index contributed by atoms with van der Waals surface area (Å²) in [5.74, 6) is 1.40. The average Bonchev–Trinajstić information content (AvgIpc) is 2.50. The van der Waals surface area contributed by atoms with Gasteiger partial charge in [-0.15, -0.1) is 0 Å². The molecule has 2 rings (SSSR count). The van der Waals surface area contributed by atoms with E-state index >= 15 is 0 Å². The summed E-state index contributed by atoms with van der Waals surface area (Å²) in [4.78, 5) is 8.36. The lowest BCUT2D eigenvalue weighted by Crippen LogP contribution is -2.20. The first-order valence-corrected chi connectivity index (χ1v) is 6.55. The van der Waals surface area contributed by atoms with Crippen molar-refractivity contribution in [1.82, 2.24) is 15.3 Å². The summed E-state index contributed by atoms with van der Waals surface area (Å²) >= 11 is 0. The lowest BCUT2D eigenvalue weighted by Gasteiger charge is -2.19. The van der Waals surface area contributed by atoms with Gasteiger partial charge in [-0.05, 0) is 20.0 Å². The predicted molar refractivity (Wildman–Crippen MR) is 77.1 cm³/mol. The lowest BCUT2D eigenvalue weighted by molar-refractivity contribution is 0.333. The van der Waals surface area contributed by atoms with Gasteiger partial charge in [-0.3, -0.25) is 0 Å². The van der Waals surface area contributed by atoms with Gasteiger partial charge in [0.1, 0.15) is 12.1 Å². The Kier molecular flexibility index (Phi) is 4.90. The number of aromatic nitrogens is 2. The molecule has 1 aromatic heterocycles. The molecule has 5 nitrogen and oxygen atoms in total. The SMILES string of the molecule is CCOc1ccccc1C(NC)c1cc(OC)ncn1. The topological polar surface area (TPSA) is 56.3 Å². The Morgan fingerprint density at radius 3 is 2.75 bits per heavy atom. The molecule has 1 atom stereocenters. The highest BCUT2D eigenvalue weighted by atomic mass is 16.5. The minimum atomic E-state index is -0.0744. The number of hydrogen-bond donors (Lipinski definition) is 1. The van der Waals surface area contributed by atoms with E-state index in [9.17, 15) is 0 Å². The van der Waals surface area contributed by atoms with Crippen molar-refractivity contribution in [3.8, 4) is 11.6 Å². The normalized spacial score (nSPS) is 11.9. The van der Waals surface area contributed by atoms with E-state index in [1.165, 1.54) is 6.33 Å². The number of benzene rings is 1. The molecule has 106 valence electrons. The van der Waals surface area contributed by atoms with Crippen LogP contribution in [0.2, 0.25) is 0 Å². The summed E-state index contributed by atoms with van der Waals surface area (Å²) in [6, 6.07) is 9.68. The fraction of sp³-hybridized carbons (Fsp3) is 0.333. The minimum absolute atomic E-state index is 0.0744. The first-order valence-electron chi connectivity index (χ1n) is 6.55. The van der Waals surface area contributed by atoms with Crippen LogP contribution in [0.25, 0.3) is 0 Å². The molecule has 0 aliphatic rings. The van der Waals surface area contributed by atoms with Gasteiger partial charge in [0.05, 0.1) is 25.5 Å². The Bertz CT molecular complexity index is 560. The molecule has 1 aromatic carbocycles. The second-order valence-electron chi connectivity index (χ2n) is 4.18. The van der Waals surface area contributed by atoms with Gasteiger partial charge in [0.15, 0.2) is 0 Å². The second kappa shape index (κ2) is 6.86. The van der Waals surface area contributed by atoms with Crippen LogP contribution >= 0.6 is 0 Å². The van der Waals surface area contributed by atoms with Gasteiger partial charge in [-0.2, -0.15) is 0 Å². The molecule has 1 unspecified atom stereocenters. The largest absolute Gasteiger partial charge is 0.494 e. The molecule has 0 saturated carbocycles. The Morgan fingerprint density at radius 1 is 1.25 bits per heavy atom. The number of para-hydroxylation sites is 1. The number of methoxy groups -OCH3 is 1. The molecular weight excluding hydrogens is 254 g/mol. The van der Waals surface area contributed by atoms with Gasteiger partial charge in [0.25, 0.3) is 0 Å². The van der Waals surface area contributed by atoms with Crippen molar-refractivity contribution in [3.63, 3.8) is 0 Å². The molecule has 0 saturated heterocycles. The second-order valence-corrected chi connectivity index (χ2v) is 4.18. The first kappa shape index (κ1) is 14.3. The van der Waals surface area contributed by atoms with E-state index in [1.807, 2.05) is 44.3 Å². The molecule has 5 heteroatoms. The molecule has 0 fully saturated rings. The van der Waals surface area contributed by atoms with E-state index in [1.54, 1.807) is 7.11 Å². The van der Waals surface area contributed by atoms with E-state index < -0.39 is 0 Å². The maximum Gasteiger partial charge on any atom is 0.216 e. The van der Waals surface area contributed by atoms with E-state index in [0.29, 0.717) is 12.5 Å². The molecule has 0 bridgehead atoms. The van der Waals surface area contributed by atoms with Crippen molar-refractivity contribution in [1.29, 1.82) is 0 Å².